The first kappa shape index (κ1) is 23.8. The SMILES string of the molecule is C[N+](C)([O-])Cc1ccc([N+](=O)[O-])cc1.O=[N+]([O-])c1cc([N+](=O)[O-])c(O)c([N+](=O)[O-])c1. The first-order chi connectivity index (χ1) is 13.7. The third kappa shape index (κ3) is 6.73. The topological polar surface area (TPSA) is 216 Å². The minimum atomic E-state index is -1.21. The monoisotopic (exact) mass is 425 g/mol. The van der Waals surface area contributed by atoms with E-state index in [0.29, 0.717) is 18.7 Å². The summed E-state index contributed by atoms with van der Waals surface area (Å²) in [6.45, 7) is 0.317. The van der Waals surface area contributed by atoms with Gasteiger partial charge in [-0.25, -0.2) is 0 Å². The number of nitro groups is 4. The van der Waals surface area contributed by atoms with E-state index in [1.165, 1.54) is 26.2 Å². The Morgan fingerprint density at radius 3 is 1.47 bits per heavy atom. The highest BCUT2D eigenvalue weighted by molar-refractivity contribution is 5.64. The molecule has 0 spiro atoms. The van der Waals surface area contributed by atoms with Gasteiger partial charge in [0.1, 0.15) is 6.54 Å². The summed E-state index contributed by atoms with van der Waals surface area (Å²) in [5, 5.41) is 61.8. The number of non-ortho nitro benzene ring substituents is 2. The summed E-state index contributed by atoms with van der Waals surface area (Å²) in [6, 6.07) is 6.92. The van der Waals surface area contributed by atoms with Gasteiger partial charge in [0.05, 0.1) is 45.9 Å². The molecule has 0 aliphatic rings. The molecule has 0 atom stereocenters. The molecule has 30 heavy (non-hydrogen) atoms. The molecule has 0 saturated carbocycles. The maximum absolute atomic E-state index is 11.3. The molecule has 1 N–H and O–H groups in total. The number of nitro benzene ring substituents is 4. The van der Waals surface area contributed by atoms with E-state index in [-0.39, 0.29) is 5.69 Å². The predicted octanol–water partition coefficient (Wildman–Crippen LogP) is 2.79. The second-order valence-corrected chi connectivity index (χ2v) is 6.26. The van der Waals surface area contributed by atoms with Crippen molar-refractivity contribution in [3.8, 4) is 5.75 Å². The van der Waals surface area contributed by atoms with E-state index in [0.717, 1.165) is 5.56 Å². The molecule has 15 heteroatoms. The largest absolute Gasteiger partial charge is 0.633 e. The Morgan fingerprint density at radius 2 is 1.17 bits per heavy atom. The smallest absolute Gasteiger partial charge is 0.324 e. The zero-order valence-corrected chi connectivity index (χ0v) is 15.5. The fourth-order valence-corrected chi connectivity index (χ4v) is 2.14. The maximum Gasteiger partial charge on any atom is 0.324 e. The van der Waals surface area contributed by atoms with E-state index < -0.39 is 47.2 Å². The van der Waals surface area contributed by atoms with Crippen molar-refractivity contribution >= 4 is 22.7 Å². The third-order valence-corrected chi connectivity index (χ3v) is 3.37. The number of phenols is 1. The lowest BCUT2D eigenvalue weighted by atomic mass is 10.2. The van der Waals surface area contributed by atoms with Crippen LogP contribution in [0.2, 0.25) is 0 Å². The average Bonchev–Trinajstić information content (AvgIpc) is 2.60. The summed E-state index contributed by atoms with van der Waals surface area (Å²) >= 11 is 0. The maximum atomic E-state index is 11.3. The van der Waals surface area contributed by atoms with Crippen molar-refractivity contribution < 1.29 is 29.4 Å². The lowest BCUT2D eigenvalue weighted by molar-refractivity contribution is -0.853. The zero-order chi connectivity index (χ0) is 23.2. The highest BCUT2D eigenvalue weighted by atomic mass is 16.6. The Labute approximate surface area is 167 Å². The van der Waals surface area contributed by atoms with E-state index in [1.54, 1.807) is 12.1 Å². The summed E-state index contributed by atoms with van der Waals surface area (Å²) < 4.78 is -0.433. The molecule has 0 aliphatic carbocycles. The molecule has 0 heterocycles. The van der Waals surface area contributed by atoms with Crippen LogP contribution in [0.1, 0.15) is 5.56 Å². The van der Waals surface area contributed by atoms with E-state index in [1.807, 2.05) is 0 Å². The quantitative estimate of drug-likeness (QED) is 0.405. The van der Waals surface area contributed by atoms with Gasteiger partial charge < -0.3 is 15.0 Å². The number of quaternary nitrogens is 1. The molecule has 160 valence electrons. The molecular weight excluding hydrogens is 410 g/mol. The van der Waals surface area contributed by atoms with Gasteiger partial charge in [-0.05, 0) is 12.1 Å². The highest BCUT2D eigenvalue weighted by Crippen LogP contribution is 2.38. The van der Waals surface area contributed by atoms with Crippen LogP contribution in [0.3, 0.4) is 0 Å². The number of rotatable bonds is 6. The molecule has 2 aromatic carbocycles. The standard InChI is InChI=1S/C9H12N2O3.C6H3N3O7/c1-11(2,14)7-8-3-5-9(6-4-8)10(12)13;10-6-4(8(13)14)1-3(7(11)12)2-5(6)9(15)16/h3-6H,7H2,1-2H3;1-2,10H. The van der Waals surface area contributed by atoms with Crippen molar-refractivity contribution in [2.45, 2.75) is 6.54 Å². The fourth-order valence-electron chi connectivity index (χ4n) is 2.14. The van der Waals surface area contributed by atoms with Gasteiger partial charge in [-0.3, -0.25) is 40.5 Å². The number of hydroxylamine groups is 3. The zero-order valence-electron chi connectivity index (χ0n) is 15.5. The number of hydrogen-bond acceptors (Lipinski definition) is 10. The number of benzene rings is 2. The van der Waals surface area contributed by atoms with Gasteiger partial charge in [0.25, 0.3) is 17.1 Å². The van der Waals surface area contributed by atoms with E-state index in [9.17, 15) is 45.7 Å². The van der Waals surface area contributed by atoms with Crippen LogP contribution in [0, 0.1) is 45.7 Å². The number of aromatic hydroxyl groups is 1. The van der Waals surface area contributed by atoms with Gasteiger partial charge in [0.2, 0.25) is 0 Å². The summed E-state index contributed by atoms with van der Waals surface area (Å²) in [4.78, 5) is 37.6. The minimum Gasteiger partial charge on any atom is -0.633 e. The van der Waals surface area contributed by atoms with E-state index in [2.05, 4.69) is 0 Å². The van der Waals surface area contributed by atoms with Crippen LogP contribution in [0.5, 0.6) is 5.75 Å². The Balaban J connectivity index is 0.000000303. The predicted molar refractivity (Wildman–Crippen MR) is 100 cm³/mol. The van der Waals surface area contributed by atoms with Crippen LogP contribution in [0.15, 0.2) is 36.4 Å². The van der Waals surface area contributed by atoms with Crippen molar-refractivity contribution in [2.75, 3.05) is 14.1 Å². The Morgan fingerprint density at radius 1 is 0.767 bits per heavy atom. The Bertz CT molecular complexity index is 949. The van der Waals surface area contributed by atoms with Crippen molar-refractivity contribution in [1.82, 2.24) is 0 Å². The summed E-state index contributed by atoms with van der Waals surface area (Å²) in [5.74, 6) is -1.21. The van der Waals surface area contributed by atoms with E-state index >= 15 is 0 Å². The molecule has 0 unspecified atom stereocenters. The number of hydrogen-bond donors (Lipinski definition) is 1. The molecule has 0 bridgehead atoms. The first-order valence-corrected chi connectivity index (χ1v) is 7.80. The highest BCUT2D eigenvalue weighted by Gasteiger charge is 2.30. The molecule has 2 rings (SSSR count). The van der Waals surface area contributed by atoms with Gasteiger partial charge in [-0.1, -0.05) is 0 Å². The number of nitrogens with zero attached hydrogens (tertiary/aromatic N) is 5. The van der Waals surface area contributed by atoms with Crippen LogP contribution >= 0.6 is 0 Å². The van der Waals surface area contributed by atoms with Crippen LogP contribution in [0.4, 0.5) is 22.7 Å². The van der Waals surface area contributed by atoms with Crippen molar-refractivity contribution in [2.24, 2.45) is 0 Å². The molecule has 0 aromatic heterocycles. The lowest BCUT2D eigenvalue weighted by Gasteiger charge is -2.33. The molecule has 2 aromatic rings. The number of phenolic OH excluding ortho intramolecular Hbond substituents is 1. The van der Waals surface area contributed by atoms with Gasteiger partial charge in [0.15, 0.2) is 0 Å². The first-order valence-electron chi connectivity index (χ1n) is 7.80. The lowest BCUT2D eigenvalue weighted by Crippen LogP contribution is -2.30. The van der Waals surface area contributed by atoms with Crippen molar-refractivity contribution in [3.63, 3.8) is 0 Å². The van der Waals surface area contributed by atoms with Crippen LogP contribution in [-0.4, -0.2) is 43.5 Å². The summed E-state index contributed by atoms with van der Waals surface area (Å²) in [5.41, 5.74) is -2.15. The molecule has 0 radical (unpaired) electrons. The fraction of sp³-hybridized carbons (Fsp3) is 0.200. The molecular formula is C15H15N5O10. The Hall–Kier alpha value is -4.24. The van der Waals surface area contributed by atoms with Gasteiger partial charge in [-0.15, -0.1) is 0 Å². The third-order valence-electron chi connectivity index (χ3n) is 3.37. The van der Waals surface area contributed by atoms with Gasteiger partial charge in [-0.2, -0.15) is 0 Å². The van der Waals surface area contributed by atoms with Gasteiger partial charge >= 0.3 is 11.4 Å². The summed E-state index contributed by atoms with van der Waals surface area (Å²) in [7, 11) is 3.06. The van der Waals surface area contributed by atoms with Crippen LogP contribution in [0.25, 0.3) is 0 Å². The second-order valence-electron chi connectivity index (χ2n) is 6.26. The van der Waals surface area contributed by atoms with Crippen LogP contribution in [-0.2, 0) is 6.54 Å². The molecule has 0 fully saturated rings. The molecule has 0 amide bonds. The summed E-state index contributed by atoms with van der Waals surface area (Å²) in [6.07, 6.45) is 0. The minimum absolute atomic E-state index is 0.0463. The van der Waals surface area contributed by atoms with Crippen LogP contribution < -0.4 is 0 Å². The van der Waals surface area contributed by atoms with Crippen molar-refractivity contribution in [1.29, 1.82) is 0 Å². The van der Waals surface area contributed by atoms with Crippen molar-refractivity contribution in [3.05, 3.63) is 87.6 Å². The van der Waals surface area contributed by atoms with Gasteiger partial charge in [0, 0.05) is 17.7 Å². The second kappa shape index (κ2) is 9.30. The van der Waals surface area contributed by atoms with E-state index in [4.69, 9.17) is 5.11 Å². The molecule has 0 aliphatic heterocycles. The molecule has 0 saturated heterocycles. The molecule has 15 nitrogen and oxygen atoms in total. The normalized spacial score (nSPS) is 10.5. The average molecular weight is 425 g/mol. The Kier molecular flexibility index (Phi) is 7.38.